The Labute approximate surface area is 63.5 Å². The van der Waals surface area contributed by atoms with Crippen molar-refractivity contribution in [3.8, 4) is 0 Å². The zero-order chi connectivity index (χ0) is 6.85. The molecule has 0 saturated heterocycles. The van der Waals surface area contributed by atoms with E-state index in [2.05, 4.69) is 18.2 Å². The van der Waals surface area contributed by atoms with Crippen molar-refractivity contribution in [1.29, 1.82) is 0 Å². The van der Waals surface area contributed by atoms with Crippen LogP contribution in [-0.2, 0) is 0 Å². The smallest absolute Gasteiger partial charge is 0.110 e. The Balaban J connectivity index is 3.01. The summed E-state index contributed by atoms with van der Waals surface area (Å²) in [7, 11) is 0. The van der Waals surface area contributed by atoms with Gasteiger partial charge in [0.2, 0.25) is 0 Å². The molecule has 3 heteroatoms. The van der Waals surface area contributed by atoms with Crippen LogP contribution in [0.3, 0.4) is 0 Å². The third kappa shape index (κ3) is 1.46. The standard InChI is InChI=1S/C6H9NS2/c1-4-6(8-3)7-5(2)9-4/h1-3H3. The molecule has 0 aliphatic rings. The van der Waals surface area contributed by atoms with Gasteiger partial charge in [0.15, 0.2) is 0 Å². The fourth-order valence-electron chi connectivity index (χ4n) is 0.699. The summed E-state index contributed by atoms with van der Waals surface area (Å²) in [5.74, 6) is 0. The highest BCUT2D eigenvalue weighted by atomic mass is 32.2. The first-order valence-electron chi connectivity index (χ1n) is 2.72. The molecule has 1 rings (SSSR count). The molecule has 0 unspecified atom stereocenters. The minimum atomic E-state index is 1.16. The summed E-state index contributed by atoms with van der Waals surface area (Å²) in [4.78, 5) is 5.64. The zero-order valence-electron chi connectivity index (χ0n) is 5.76. The zero-order valence-corrected chi connectivity index (χ0v) is 7.40. The van der Waals surface area contributed by atoms with Gasteiger partial charge in [-0.2, -0.15) is 0 Å². The number of aryl methyl sites for hydroxylation is 2. The molecule has 0 fully saturated rings. The first-order valence-corrected chi connectivity index (χ1v) is 4.76. The van der Waals surface area contributed by atoms with Gasteiger partial charge in [0, 0.05) is 4.88 Å². The van der Waals surface area contributed by atoms with Crippen LogP contribution >= 0.6 is 23.1 Å². The van der Waals surface area contributed by atoms with Crippen molar-refractivity contribution in [1.82, 2.24) is 4.98 Å². The molecule has 0 aliphatic heterocycles. The predicted molar refractivity (Wildman–Crippen MR) is 43.4 cm³/mol. The van der Waals surface area contributed by atoms with Crippen molar-refractivity contribution < 1.29 is 0 Å². The molecule has 1 aromatic rings. The van der Waals surface area contributed by atoms with Crippen LogP contribution in [0.25, 0.3) is 0 Å². The van der Waals surface area contributed by atoms with Crippen molar-refractivity contribution in [2.24, 2.45) is 0 Å². The van der Waals surface area contributed by atoms with E-state index in [4.69, 9.17) is 0 Å². The first-order chi connectivity index (χ1) is 4.24. The van der Waals surface area contributed by atoms with Crippen molar-refractivity contribution in [3.63, 3.8) is 0 Å². The summed E-state index contributed by atoms with van der Waals surface area (Å²) in [6.07, 6.45) is 2.06. The maximum absolute atomic E-state index is 4.31. The number of hydrogen-bond donors (Lipinski definition) is 0. The third-order valence-corrected chi connectivity index (χ3v) is 2.85. The van der Waals surface area contributed by atoms with E-state index in [1.807, 2.05) is 6.92 Å². The minimum Gasteiger partial charge on any atom is -0.235 e. The van der Waals surface area contributed by atoms with Crippen LogP contribution in [0.15, 0.2) is 5.03 Å². The van der Waals surface area contributed by atoms with E-state index in [0.29, 0.717) is 0 Å². The number of nitrogens with zero attached hydrogens (tertiary/aromatic N) is 1. The number of hydrogen-bond acceptors (Lipinski definition) is 3. The van der Waals surface area contributed by atoms with Gasteiger partial charge in [-0.25, -0.2) is 4.98 Å². The topological polar surface area (TPSA) is 12.9 Å². The lowest BCUT2D eigenvalue weighted by Crippen LogP contribution is -1.70. The van der Waals surface area contributed by atoms with Crippen molar-refractivity contribution in [3.05, 3.63) is 9.88 Å². The summed E-state index contributed by atoms with van der Waals surface area (Å²) < 4.78 is 0. The van der Waals surface area contributed by atoms with Crippen LogP contribution in [0.1, 0.15) is 9.88 Å². The van der Waals surface area contributed by atoms with Crippen LogP contribution in [0, 0.1) is 13.8 Å². The Morgan fingerprint density at radius 2 is 2.11 bits per heavy atom. The molecule has 1 nitrogen and oxygen atoms in total. The van der Waals surface area contributed by atoms with Crippen LogP contribution in [0.5, 0.6) is 0 Å². The van der Waals surface area contributed by atoms with E-state index in [0.717, 1.165) is 5.01 Å². The fraction of sp³-hybridized carbons (Fsp3) is 0.500. The van der Waals surface area contributed by atoms with E-state index in [1.54, 1.807) is 23.1 Å². The number of aromatic nitrogens is 1. The van der Waals surface area contributed by atoms with E-state index >= 15 is 0 Å². The molecular weight excluding hydrogens is 150 g/mol. The molecule has 0 atom stereocenters. The Bertz CT molecular complexity index is 205. The molecule has 0 bridgehead atoms. The molecule has 0 saturated carbocycles. The Morgan fingerprint density at radius 1 is 1.44 bits per heavy atom. The molecule has 0 amide bonds. The SMILES string of the molecule is CSc1nc(C)sc1C. The normalized spacial score (nSPS) is 10.1. The second kappa shape index (κ2) is 2.71. The molecule has 1 aromatic heterocycles. The summed E-state index contributed by atoms with van der Waals surface area (Å²) in [5, 5.41) is 2.34. The lowest BCUT2D eigenvalue weighted by Gasteiger charge is -1.85. The molecule has 0 N–H and O–H groups in total. The van der Waals surface area contributed by atoms with Gasteiger partial charge in [0.05, 0.1) is 5.01 Å². The van der Waals surface area contributed by atoms with Gasteiger partial charge in [-0.1, -0.05) is 0 Å². The van der Waals surface area contributed by atoms with Gasteiger partial charge >= 0.3 is 0 Å². The molecular formula is C6H9NS2. The molecule has 0 aliphatic carbocycles. The molecule has 0 spiro atoms. The second-order valence-corrected chi connectivity index (χ2v) is 4.00. The second-order valence-electron chi connectivity index (χ2n) is 1.80. The van der Waals surface area contributed by atoms with Crippen LogP contribution < -0.4 is 0 Å². The highest BCUT2D eigenvalue weighted by molar-refractivity contribution is 7.98. The van der Waals surface area contributed by atoms with E-state index in [9.17, 15) is 0 Å². The fourth-order valence-corrected chi connectivity index (χ4v) is 2.36. The number of thioether (sulfide) groups is 1. The summed E-state index contributed by atoms with van der Waals surface area (Å²) in [5.41, 5.74) is 0. The van der Waals surface area contributed by atoms with Gasteiger partial charge < -0.3 is 0 Å². The Hall–Kier alpha value is -0.0200. The van der Waals surface area contributed by atoms with Crippen LogP contribution in [0.2, 0.25) is 0 Å². The Morgan fingerprint density at radius 3 is 2.33 bits per heavy atom. The maximum atomic E-state index is 4.31. The van der Waals surface area contributed by atoms with Gasteiger partial charge in [-0.15, -0.1) is 23.1 Å². The predicted octanol–water partition coefficient (Wildman–Crippen LogP) is 2.48. The average molecular weight is 159 g/mol. The van der Waals surface area contributed by atoms with E-state index < -0.39 is 0 Å². The largest absolute Gasteiger partial charge is 0.235 e. The molecule has 0 radical (unpaired) electrons. The minimum absolute atomic E-state index is 1.16. The summed E-state index contributed by atoms with van der Waals surface area (Å²) >= 11 is 3.48. The van der Waals surface area contributed by atoms with Crippen LogP contribution in [0.4, 0.5) is 0 Å². The van der Waals surface area contributed by atoms with E-state index in [-0.39, 0.29) is 0 Å². The quantitative estimate of drug-likeness (QED) is 0.584. The first kappa shape index (κ1) is 7.09. The van der Waals surface area contributed by atoms with E-state index in [1.165, 1.54) is 9.90 Å². The highest BCUT2D eigenvalue weighted by Crippen LogP contribution is 2.23. The highest BCUT2D eigenvalue weighted by Gasteiger charge is 2.00. The molecule has 1 heterocycles. The molecule has 50 valence electrons. The van der Waals surface area contributed by atoms with Crippen molar-refractivity contribution >= 4 is 23.1 Å². The number of rotatable bonds is 1. The van der Waals surface area contributed by atoms with Gasteiger partial charge in [0.1, 0.15) is 5.03 Å². The monoisotopic (exact) mass is 159 g/mol. The van der Waals surface area contributed by atoms with Crippen LogP contribution in [-0.4, -0.2) is 11.2 Å². The lowest BCUT2D eigenvalue weighted by atomic mass is 10.6. The summed E-state index contributed by atoms with van der Waals surface area (Å²) in [6, 6.07) is 0. The van der Waals surface area contributed by atoms with Gasteiger partial charge in [-0.05, 0) is 20.1 Å². The summed E-state index contributed by atoms with van der Waals surface area (Å²) in [6.45, 7) is 4.15. The van der Waals surface area contributed by atoms with Crippen molar-refractivity contribution in [2.75, 3.05) is 6.26 Å². The Kier molecular flexibility index (Phi) is 2.13. The third-order valence-electron chi connectivity index (χ3n) is 1.05. The molecule has 0 aromatic carbocycles. The average Bonchev–Trinajstić information content (AvgIpc) is 2.10. The molecule has 9 heavy (non-hydrogen) atoms. The lowest BCUT2D eigenvalue weighted by molar-refractivity contribution is 1.12. The van der Waals surface area contributed by atoms with Gasteiger partial charge in [-0.3, -0.25) is 0 Å². The maximum Gasteiger partial charge on any atom is 0.110 e. The number of thiazole rings is 1. The van der Waals surface area contributed by atoms with Gasteiger partial charge in [0.25, 0.3) is 0 Å². The van der Waals surface area contributed by atoms with Crippen molar-refractivity contribution in [2.45, 2.75) is 18.9 Å².